The number of amides is 2. The molecule has 1 aromatic heterocycles. The molecule has 21 heavy (non-hydrogen) atoms. The number of carbonyl (C=O) groups excluding carboxylic acids is 1. The molecule has 2 amide bonds. The molecule has 1 saturated heterocycles. The Balaban J connectivity index is 1.80. The number of nitrogens with one attached hydrogen (secondary N) is 1. The Labute approximate surface area is 129 Å². The molecule has 0 unspecified atom stereocenters. The predicted octanol–water partition coefficient (Wildman–Crippen LogP) is 1.10. The zero-order valence-electron chi connectivity index (χ0n) is 12.3. The molecule has 0 radical (unpaired) electrons. The lowest BCUT2D eigenvalue weighted by molar-refractivity contribution is 0.172. The van der Waals surface area contributed by atoms with Crippen LogP contribution in [-0.4, -0.2) is 56.1 Å². The summed E-state index contributed by atoms with van der Waals surface area (Å²) in [7, 11) is -3.15. The van der Waals surface area contributed by atoms with Gasteiger partial charge in [-0.3, -0.25) is 0 Å². The van der Waals surface area contributed by atoms with Gasteiger partial charge < -0.3 is 10.2 Å². The normalized spacial score (nSPS) is 17.0. The van der Waals surface area contributed by atoms with Crippen LogP contribution in [0.1, 0.15) is 16.7 Å². The fourth-order valence-electron chi connectivity index (χ4n) is 2.20. The number of piperazine rings is 1. The fraction of sp³-hybridized carbons (Fsp3) is 0.615. The van der Waals surface area contributed by atoms with Gasteiger partial charge in [0, 0.05) is 35.9 Å². The highest BCUT2D eigenvalue weighted by Gasteiger charge is 2.25. The Bertz CT molecular complexity index is 590. The van der Waals surface area contributed by atoms with E-state index in [-0.39, 0.29) is 6.03 Å². The molecule has 118 valence electrons. The van der Waals surface area contributed by atoms with Gasteiger partial charge in [-0.15, -0.1) is 11.3 Å². The quantitative estimate of drug-likeness (QED) is 0.898. The van der Waals surface area contributed by atoms with Crippen molar-refractivity contribution in [3.63, 3.8) is 0 Å². The van der Waals surface area contributed by atoms with Crippen LogP contribution >= 0.6 is 11.3 Å². The van der Waals surface area contributed by atoms with Crippen molar-refractivity contribution >= 4 is 27.4 Å². The van der Waals surface area contributed by atoms with E-state index in [2.05, 4.69) is 18.3 Å². The largest absolute Gasteiger partial charge is 0.333 e. The Morgan fingerprint density at radius 1 is 1.24 bits per heavy atom. The van der Waals surface area contributed by atoms with Gasteiger partial charge in [0.05, 0.1) is 12.8 Å². The number of nitrogens with zero attached hydrogens (tertiary/aromatic N) is 2. The van der Waals surface area contributed by atoms with Crippen molar-refractivity contribution in [2.24, 2.45) is 0 Å². The second-order valence-corrected chi connectivity index (χ2v) is 8.26. The number of rotatable bonds is 4. The second kappa shape index (κ2) is 6.76. The van der Waals surface area contributed by atoms with Gasteiger partial charge in [-0.1, -0.05) is 6.92 Å². The minimum atomic E-state index is -3.15. The second-order valence-electron chi connectivity index (χ2n) is 5.03. The van der Waals surface area contributed by atoms with Crippen molar-refractivity contribution in [2.75, 3.05) is 32.4 Å². The molecule has 0 saturated carbocycles. The van der Waals surface area contributed by atoms with E-state index in [9.17, 15) is 13.2 Å². The summed E-state index contributed by atoms with van der Waals surface area (Å²) >= 11 is 1.70. The molecule has 0 atom stereocenters. The molecule has 1 N–H and O–H groups in total. The average Bonchev–Trinajstić information content (AvgIpc) is 2.92. The zero-order chi connectivity index (χ0) is 15.5. The summed E-state index contributed by atoms with van der Waals surface area (Å²) in [5.41, 5.74) is 0. The minimum Gasteiger partial charge on any atom is -0.333 e. The Hall–Kier alpha value is -1.12. The smallest absolute Gasteiger partial charge is 0.317 e. The molecule has 1 aromatic rings. The summed E-state index contributed by atoms with van der Waals surface area (Å²) in [6, 6.07) is 3.98. The molecule has 2 heterocycles. The maximum Gasteiger partial charge on any atom is 0.317 e. The van der Waals surface area contributed by atoms with E-state index in [0.29, 0.717) is 32.7 Å². The number of hydrogen-bond donors (Lipinski definition) is 1. The van der Waals surface area contributed by atoms with E-state index in [1.807, 2.05) is 6.07 Å². The highest BCUT2D eigenvalue weighted by Crippen LogP contribution is 2.16. The summed E-state index contributed by atoms with van der Waals surface area (Å²) in [6.45, 7) is 4.23. The molecule has 1 fully saturated rings. The first-order valence-electron chi connectivity index (χ1n) is 6.95. The molecule has 0 aliphatic carbocycles. The van der Waals surface area contributed by atoms with Crippen LogP contribution in [-0.2, 0) is 23.0 Å². The molecule has 0 bridgehead atoms. The maximum absolute atomic E-state index is 12.1. The van der Waals surface area contributed by atoms with Crippen LogP contribution in [0.4, 0.5) is 4.79 Å². The molecule has 1 aliphatic rings. The molecule has 0 spiro atoms. The van der Waals surface area contributed by atoms with E-state index >= 15 is 0 Å². The van der Waals surface area contributed by atoms with Gasteiger partial charge >= 0.3 is 6.03 Å². The van der Waals surface area contributed by atoms with Gasteiger partial charge in [-0.25, -0.2) is 13.2 Å². The van der Waals surface area contributed by atoms with Gasteiger partial charge in [0.1, 0.15) is 0 Å². The Morgan fingerprint density at radius 3 is 2.38 bits per heavy atom. The predicted molar refractivity (Wildman–Crippen MR) is 83.9 cm³/mol. The van der Waals surface area contributed by atoms with Crippen LogP contribution in [0.5, 0.6) is 0 Å². The average molecular weight is 331 g/mol. The highest BCUT2D eigenvalue weighted by molar-refractivity contribution is 7.88. The van der Waals surface area contributed by atoms with Gasteiger partial charge in [0.25, 0.3) is 0 Å². The van der Waals surface area contributed by atoms with Crippen molar-refractivity contribution in [3.8, 4) is 0 Å². The number of thiophene rings is 1. The first-order chi connectivity index (χ1) is 9.90. The summed E-state index contributed by atoms with van der Waals surface area (Å²) in [6.07, 6.45) is 2.21. The van der Waals surface area contributed by atoms with E-state index in [1.54, 1.807) is 16.2 Å². The van der Waals surface area contributed by atoms with E-state index < -0.39 is 10.0 Å². The van der Waals surface area contributed by atoms with Crippen molar-refractivity contribution in [1.29, 1.82) is 0 Å². The van der Waals surface area contributed by atoms with Crippen LogP contribution in [0.2, 0.25) is 0 Å². The SMILES string of the molecule is CCc1ccc(CNC(=O)N2CCN(S(C)(=O)=O)CC2)s1. The number of carbonyl (C=O) groups is 1. The van der Waals surface area contributed by atoms with Crippen LogP contribution < -0.4 is 5.32 Å². The first kappa shape index (κ1) is 16.3. The highest BCUT2D eigenvalue weighted by atomic mass is 32.2. The van der Waals surface area contributed by atoms with Gasteiger partial charge in [0.2, 0.25) is 10.0 Å². The topological polar surface area (TPSA) is 69.7 Å². The lowest BCUT2D eigenvalue weighted by atomic mass is 10.3. The maximum atomic E-state index is 12.1. The molecular formula is C13H21N3O3S2. The number of sulfonamides is 1. The molecule has 2 rings (SSSR count). The van der Waals surface area contributed by atoms with Crippen molar-refractivity contribution in [2.45, 2.75) is 19.9 Å². The van der Waals surface area contributed by atoms with E-state index in [4.69, 9.17) is 0 Å². The zero-order valence-corrected chi connectivity index (χ0v) is 14.0. The van der Waals surface area contributed by atoms with Crippen molar-refractivity contribution in [1.82, 2.24) is 14.5 Å². The number of hydrogen-bond acceptors (Lipinski definition) is 4. The molecule has 8 heteroatoms. The fourth-order valence-corrected chi connectivity index (χ4v) is 3.93. The monoisotopic (exact) mass is 331 g/mol. The third-order valence-corrected chi connectivity index (χ3v) is 6.01. The van der Waals surface area contributed by atoms with Crippen LogP contribution in [0.25, 0.3) is 0 Å². The van der Waals surface area contributed by atoms with E-state index in [0.717, 1.165) is 11.3 Å². The lowest BCUT2D eigenvalue weighted by Crippen LogP contribution is -2.52. The third-order valence-electron chi connectivity index (χ3n) is 3.47. The van der Waals surface area contributed by atoms with Crippen molar-refractivity contribution in [3.05, 3.63) is 21.9 Å². The minimum absolute atomic E-state index is 0.130. The lowest BCUT2D eigenvalue weighted by Gasteiger charge is -2.33. The van der Waals surface area contributed by atoms with Crippen molar-refractivity contribution < 1.29 is 13.2 Å². The van der Waals surface area contributed by atoms with Crippen LogP contribution in [0.3, 0.4) is 0 Å². The Kier molecular flexibility index (Phi) is 5.23. The Morgan fingerprint density at radius 2 is 1.86 bits per heavy atom. The molecule has 6 nitrogen and oxygen atoms in total. The standard InChI is InChI=1S/C13H21N3O3S2/c1-3-11-4-5-12(20-11)10-14-13(17)15-6-8-16(9-7-15)21(2,18)19/h4-5H,3,6-10H2,1-2H3,(H,14,17). The number of urea groups is 1. The summed E-state index contributed by atoms with van der Waals surface area (Å²) in [5, 5.41) is 2.89. The molecular weight excluding hydrogens is 310 g/mol. The van der Waals surface area contributed by atoms with Gasteiger partial charge in [0.15, 0.2) is 0 Å². The molecule has 0 aromatic carbocycles. The summed E-state index contributed by atoms with van der Waals surface area (Å²) in [5.74, 6) is 0. The summed E-state index contributed by atoms with van der Waals surface area (Å²) < 4.78 is 24.2. The summed E-state index contributed by atoms with van der Waals surface area (Å²) in [4.78, 5) is 16.2. The van der Waals surface area contributed by atoms with Gasteiger partial charge in [-0.2, -0.15) is 4.31 Å². The third kappa shape index (κ3) is 4.42. The number of aryl methyl sites for hydroxylation is 1. The van der Waals surface area contributed by atoms with Crippen LogP contribution in [0.15, 0.2) is 12.1 Å². The van der Waals surface area contributed by atoms with Gasteiger partial charge in [-0.05, 0) is 18.6 Å². The van der Waals surface area contributed by atoms with E-state index in [1.165, 1.54) is 15.4 Å². The first-order valence-corrected chi connectivity index (χ1v) is 9.62. The molecule has 1 aliphatic heterocycles. The van der Waals surface area contributed by atoms with Crippen LogP contribution in [0, 0.1) is 0 Å².